The number of hydrogen-bond acceptors (Lipinski definition) is 11. The van der Waals surface area contributed by atoms with Gasteiger partial charge in [-0.3, -0.25) is 19.5 Å². The van der Waals surface area contributed by atoms with Gasteiger partial charge in [-0.05, 0) is 30.3 Å². The van der Waals surface area contributed by atoms with Crippen LogP contribution in [0.1, 0.15) is 32.6 Å². The van der Waals surface area contributed by atoms with Crippen LogP contribution in [-0.4, -0.2) is 98.3 Å². The monoisotopic (exact) mass is 665 g/mol. The molecular weight excluding hydrogens is 638 g/mol. The number of H-pyrrole nitrogens is 2. The Labute approximate surface area is 273 Å². The summed E-state index contributed by atoms with van der Waals surface area (Å²) < 4.78 is 7.46. The van der Waals surface area contributed by atoms with Gasteiger partial charge >= 0.3 is 0 Å². The molecule has 0 spiro atoms. The Hall–Kier alpha value is -5.55. The molecule has 4 aromatic carbocycles. The molecule has 3 aromatic heterocycles. The maximum atomic E-state index is 14.4. The van der Waals surface area contributed by atoms with Gasteiger partial charge in [0.1, 0.15) is 42.5 Å². The zero-order chi connectivity index (χ0) is 33.9. The Morgan fingerprint density at radius 1 is 0.837 bits per heavy atom. The average molecular weight is 666 g/mol. The number of hydrogen-bond donors (Lipinski definition) is 8. The lowest BCUT2D eigenvalue weighted by Gasteiger charge is -2.41. The second-order valence-corrected chi connectivity index (χ2v) is 12.3. The van der Waals surface area contributed by atoms with Crippen molar-refractivity contribution in [1.82, 2.24) is 24.8 Å². The summed E-state index contributed by atoms with van der Waals surface area (Å²) in [5, 5.41) is 73.6. The van der Waals surface area contributed by atoms with Crippen LogP contribution in [0.15, 0.2) is 60.7 Å². The second-order valence-electron chi connectivity index (χ2n) is 12.3. The Morgan fingerprint density at radius 2 is 1.55 bits per heavy atom. The molecule has 1 fully saturated rings. The van der Waals surface area contributed by atoms with Gasteiger partial charge in [-0.15, -0.1) is 5.06 Å². The van der Waals surface area contributed by atoms with Gasteiger partial charge < -0.3 is 44.9 Å². The van der Waals surface area contributed by atoms with E-state index in [0.717, 1.165) is 5.39 Å². The number of nitrogens with one attached hydrogen (secondary N) is 2. The van der Waals surface area contributed by atoms with E-state index in [0.29, 0.717) is 43.5 Å². The summed E-state index contributed by atoms with van der Waals surface area (Å²) in [5.41, 5.74) is 2.45. The minimum Gasteiger partial charge on any atom is -0.508 e. The molecule has 0 aliphatic carbocycles. The summed E-state index contributed by atoms with van der Waals surface area (Å²) >= 11 is 0. The number of aliphatic hydroxyl groups is 4. The average Bonchev–Trinajstić information content (AvgIpc) is 3.83. The third-order valence-corrected chi connectivity index (χ3v) is 9.55. The first-order chi connectivity index (χ1) is 23.7. The number of hydroxylamine groups is 2. The van der Waals surface area contributed by atoms with E-state index in [4.69, 9.17) is 9.57 Å². The molecule has 1 saturated heterocycles. The molecule has 9 rings (SSSR count). The number of carbonyl (C=O) groups excluding carboxylic acids is 2. The quantitative estimate of drug-likeness (QED) is 0.125. The Bertz CT molecular complexity index is 2530. The Morgan fingerprint density at radius 3 is 2.33 bits per heavy atom. The van der Waals surface area contributed by atoms with Crippen LogP contribution in [0.3, 0.4) is 0 Å². The van der Waals surface area contributed by atoms with Crippen molar-refractivity contribution < 1.29 is 49.8 Å². The van der Waals surface area contributed by atoms with Gasteiger partial charge in [0.05, 0.1) is 51.0 Å². The van der Waals surface area contributed by atoms with E-state index in [2.05, 4.69) is 15.2 Å². The van der Waals surface area contributed by atoms with Crippen LogP contribution in [0.25, 0.3) is 54.5 Å². The van der Waals surface area contributed by atoms with Crippen LogP contribution >= 0.6 is 0 Å². The van der Waals surface area contributed by atoms with Crippen molar-refractivity contribution >= 4 is 66.3 Å². The van der Waals surface area contributed by atoms with Crippen molar-refractivity contribution in [3.63, 3.8) is 0 Å². The molecular formula is C34H27N5O10. The van der Waals surface area contributed by atoms with Crippen LogP contribution in [0, 0.1) is 0 Å². The highest BCUT2D eigenvalue weighted by molar-refractivity contribution is 6.39. The Kier molecular flexibility index (Phi) is 6.32. The summed E-state index contributed by atoms with van der Waals surface area (Å²) in [6, 6.07) is 16.1. The van der Waals surface area contributed by atoms with Crippen LogP contribution < -0.4 is 0 Å². The van der Waals surface area contributed by atoms with Crippen LogP contribution in [-0.2, 0) is 16.2 Å². The van der Waals surface area contributed by atoms with Gasteiger partial charge in [0.2, 0.25) is 0 Å². The number of ether oxygens (including phenoxy) is 1. The first-order valence-electron chi connectivity index (χ1n) is 15.4. The number of aromatic hydroxyl groups is 2. The van der Waals surface area contributed by atoms with Gasteiger partial charge in [-0.2, -0.15) is 5.10 Å². The Balaban J connectivity index is 1.33. The van der Waals surface area contributed by atoms with E-state index in [9.17, 15) is 40.2 Å². The molecule has 2 aliphatic heterocycles. The zero-order valence-corrected chi connectivity index (χ0v) is 25.2. The minimum absolute atomic E-state index is 0.0185. The predicted octanol–water partition coefficient (Wildman–Crippen LogP) is 2.42. The highest BCUT2D eigenvalue weighted by Crippen LogP contribution is 2.48. The van der Waals surface area contributed by atoms with Gasteiger partial charge in [-0.25, -0.2) is 0 Å². The van der Waals surface area contributed by atoms with Gasteiger partial charge in [0, 0.05) is 39.1 Å². The van der Waals surface area contributed by atoms with Crippen LogP contribution in [0.5, 0.6) is 11.5 Å². The number of phenols is 2. The number of imide groups is 1. The number of benzene rings is 4. The molecule has 0 saturated carbocycles. The molecule has 7 aromatic rings. The van der Waals surface area contributed by atoms with Crippen molar-refractivity contribution in [2.24, 2.45) is 0 Å². The topological polar surface area (TPSA) is 227 Å². The summed E-state index contributed by atoms with van der Waals surface area (Å²) in [6.07, 6.45) is -7.85. The summed E-state index contributed by atoms with van der Waals surface area (Å²) in [4.78, 5) is 37.9. The van der Waals surface area contributed by atoms with Gasteiger partial charge in [0.25, 0.3) is 11.8 Å². The number of aliphatic hydroxyl groups excluding tert-OH is 4. The third kappa shape index (κ3) is 4.02. The van der Waals surface area contributed by atoms with E-state index in [1.165, 1.54) is 28.8 Å². The SMILES string of the molecule is O=C1c2c(c3c4ccc(O)cc4n([C@@H]4O[C@H](CO)[C@@H](O)[C@H](O)[C@H]4O)c3c3[nH]c4cc(O)ccc4c23)C(=O)N1OCc1[nH]nc2ccccc12. The first-order valence-corrected chi connectivity index (χ1v) is 15.4. The maximum absolute atomic E-state index is 14.4. The lowest BCUT2D eigenvalue weighted by molar-refractivity contribution is -0.249. The number of amides is 2. The number of rotatable bonds is 5. The van der Waals surface area contributed by atoms with E-state index in [-0.39, 0.29) is 45.7 Å². The number of fused-ring (bicyclic) bond motifs is 11. The zero-order valence-electron chi connectivity index (χ0n) is 25.2. The molecule has 15 nitrogen and oxygen atoms in total. The normalized spacial score (nSPS) is 22.9. The molecule has 248 valence electrons. The third-order valence-electron chi connectivity index (χ3n) is 9.55. The molecule has 0 radical (unpaired) electrons. The maximum Gasteiger partial charge on any atom is 0.286 e. The van der Waals surface area contributed by atoms with E-state index in [1.54, 1.807) is 12.1 Å². The highest BCUT2D eigenvalue weighted by Gasteiger charge is 2.47. The fourth-order valence-corrected chi connectivity index (χ4v) is 7.32. The highest BCUT2D eigenvalue weighted by atomic mass is 16.7. The summed E-state index contributed by atoms with van der Waals surface area (Å²) in [5.74, 6) is -1.75. The standard InChI is InChI=1S/C34H27N5O10/c40-11-22-29(43)30(44)31(45)34(49-22)38-21-10-14(42)6-8-17(21)24-26-25(23-16-7-5-13(41)9-19(16)35-27(23)28(24)38)32(46)39(33(26)47)48-12-20-15-3-1-2-4-18(15)36-37-20/h1-10,22,29-31,34-35,40-45H,11-12H2,(H,36,37)/t22-,29-,30+,31-,34-/m1/s1. The fraction of sp³-hybridized carbons (Fsp3) is 0.206. The van der Waals surface area contributed by atoms with Crippen molar-refractivity contribution in [2.45, 2.75) is 37.3 Å². The number of aromatic nitrogens is 4. The van der Waals surface area contributed by atoms with Crippen molar-refractivity contribution in [3.05, 3.63) is 77.5 Å². The largest absolute Gasteiger partial charge is 0.508 e. The summed E-state index contributed by atoms with van der Waals surface area (Å²) in [6.45, 7) is -0.883. The molecule has 2 amide bonds. The predicted molar refractivity (Wildman–Crippen MR) is 173 cm³/mol. The number of para-hydroxylation sites is 1. The summed E-state index contributed by atoms with van der Waals surface area (Å²) in [7, 11) is 0. The molecule has 2 aliphatic rings. The van der Waals surface area contributed by atoms with Gasteiger partial charge in [0.15, 0.2) is 6.23 Å². The lowest BCUT2D eigenvalue weighted by Crippen LogP contribution is -2.56. The minimum atomic E-state index is -1.74. The smallest absolute Gasteiger partial charge is 0.286 e. The van der Waals surface area contributed by atoms with Crippen molar-refractivity contribution in [2.75, 3.05) is 6.61 Å². The number of phenolic OH excluding ortho intramolecular Hbond substituents is 2. The molecule has 15 heteroatoms. The number of nitrogens with zero attached hydrogens (tertiary/aromatic N) is 3. The van der Waals surface area contributed by atoms with E-state index >= 15 is 0 Å². The fourth-order valence-electron chi connectivity index (χ4n) is 7.32. The first kappa shape index (κ1) is 29.6. The van der Waals surface area contributed by atoms with E-state index < -0.39 is 49.1 Å². The van der Waals surface area contributed by atoms with Crippen molar-refractivity contribution in [1.29, 1.82) is 0 Å². The van der Waals surface area contributed by atoms with Crippen LogP contribution in [0.2, 0.25) is 0 Å². The van der Waals surface area contributed by atoms with Crippen LogP contribution in [0.4, 0.5) is 0 Å². The van der Waals surface area contributed by atoms with E-state index in [1.807, 2.05) is 24.3 Å². The lowest BCUT2D eigenvalue weighted by atomic mass is 9.96. The molecule has 8 N–H and O–H groups in total. The van der Waals surface area contributed by atoms with Crippen molar-refractivity contribution in [3.8, 4) is 11.5 Å². The molecule has 5 atom stereocenters. The molecule has 0 unspecified atom stereocenters. The number of carbonyl (C=O) groups is 2. The molecule has 5 heterocycles. The van der Waals surface area contributed by atoms with Gasteiger partial charge in [-0.1, -0.05) is 18.2 Å². The molecule has 0 bridgehead atoms. The second kappa shape index (κ2) is 10.5. The molecule has 49 heavy (non-hydrogen) atoms. The number of aromatic amines is 2.